The highest BCUT2D eigenvalue weighted by Gasteiger charge is 1.97. The van der Waals surface area contributed by atoms with Gasteiger partial charge < -0.3 is 21.1 Å². The van der Waals surface area contributed by atoms with Crippen LogP contribution in [0, 0.1) is 0 Å². The first-order chi connectivity index (χ1) is 7.22. The summed E-state index contributed by atoms with van der Waals surface area (Å²) in [5.74, 6) is 0.927. The molecule has 0 aliphatic rings. The van der Waals surface area contributed by atoms with E-state index in [1.54, 1.807) is 12.3 Å². The molecule has 7 nitrogen and oxygen atoms in total. The summed E-state index contributed by atoms with van der Waals surface area (Å²) >= 11 is 0. The van der Waals surface area contributed by atoms with Crippen molar-refractivity contribution in [3.63, 3.8) is 0 Å². The molecule has 0 radical (unpaired) electrons. The van der Waals surface area contributed by atoms with Gasteiger partial charge in [-0.25, -0.2) is 9.78 Å². The number of hydrogen-bond acceptors (Lipinski definition) is 5. The number of nitrogens with two attached hydrogens (primary N) is 1. The van der Waals surface area contributed by atoms with E-state index in [4.69, 9.17) is 10.5 Å². The lowest BCUT2D eigenvalue weighted by molar-refractivity contribution is 0.249. The second-order valence-electron chi connectivity index (χ2n) is 2.64. The maximum atomic E-state index is 10.3. The lowest BCUT2D eigenvalue weighted by atomic mass is 10.6. The molecule has 2 amide bonds. The number of carbonyl (C=O) groups is 1. The highest BCUT2D eigenvalue weighted by molar-refractivity contribution is 5.71. The molecule has 0 aromatic carbocycles. The Morgan fingerprint density at radius 2 is 2.40 bits per heavy atom. The third kappa shape index (κ3) is 4.12. The molecule has 82 valence electrons. The van der Waals surface area contributed by atoms with Gasteiger partial charge in [0.2, 0.25) is 11.8 Å². The van der Waals surface area contributed by atoms with Crippen molar-refractivity contribution in [2.75, 3.05) is 25.5 Å². The zero-order valence-corrected chi connectivity index (χ0v) is 8.36. The van der Waals surface area contributed by atoms with Crippen LogP contribution in [0.2, 0.25) is 0 Å². The Morgan fingerprint density at radius 1 is 1.60 bits per heavy atom. The summed E-state index contributed by atoms with van der Waals surface area (Å²) in [5, 5.41) is 5.34. The van der Waals surface area contributed by atoms with Gasteiger partial charge in [-0.05, 0) is 0 Å². The van der Waals surface area contributed by atoms with E-state index in [0.717, 1.165) is 0 Å². The highest BCUT2D eigenvalue weighted by atomic mass is 16.5. The quantitative estimate of drug-likeness (QED) is 0.573. The minimum absolute atomic E-state index is 0.413. The molecule has 7 heteroatoms. The number of rotatable bonds is 5. The van der Waals surface area contributed by atoms with Gasteiger partial charge >= 0.3 is 6.03 Å². The molecule has 0 bridgehead atoms. The van der Waals surface area contributed by atoms with Crippen LogP contribution in [0.3, 0.4) is 0 Å². The minimum Gasteiger partial charge on any atom is -0.481 e. The van der Waals surface area contributed by atoms with Crippen molar-refractivity contribution >= 4 is 12.0 Å². The number of carbonyl (C=O) groups excluding carboxylic acids is 1. The number of hydrogen-bond donors (Lipinski definition) is 3. The van der Waals surface area contributed by atoms with Crippen LogP contribution in [0.4, 0.5) is 10.7 Å². The number of ether oxygens (including phenoxy) is 1. The van der Waals surface area contributed by atoms with Gasteiger partial charge in [-0.1, -0.05) is 0 Å². The Balaban J connectivity index is 2.33. The molecule has 0 fully saturated rings. The molecule has 1 rings (SSSR count). The van der Waals surface area contributed by atoms with Crippen LogP contribution in [0.1, 0.15) is 0 Å². The SMILES string of the molecule is COc1ccnc(NCCNC(N)=O)n1. The van der Waals surface area contributed by atoms with Crippen LogP contribution in [-0.4, -0.2) is 36.2 Å². The molecule has 0 spiro atoms. The number of urea groups is 1. The molecule has 0 saturated heterocycles. The van der Waals surface area contributed by atoms with Crippen LogP contribution in [-0.2, 0) is 0 Å². The average molecular weight is 211 g/mol. The van der Waals surface area contributed by atoms with E-state index < -0.39 is 6.03 Å². The summed E-state index contributed by atoms with van der Waals surface area (Å²) in [4.78, 5) is 18.3. The van der Waals surface area contributed by atoms with Gasteiger partial charge in [0.15, 0.2) is 0 Å². The number of aromatic nitrogens is 2. The fraction of sp³-hybridized carbons (Fsp3) is 0.375. The minimum atomic E-state index is -0.552. The van der Waals surface area contributed by atoms with Gasteiger partial charge in [0, 0.05) is 25.4 Å². The highest BCUT2D eigenvalue weighted by Crippen LogP contribution is 2.06. The fourth-order valence-corrected chi connectivity index (χ4v) is 0.901. The standard InChI is InChI=1S/C8H13N5O2/c1-15-6-2-3-11-8(13-6)12-5-4-10-7(9)14/h2-3H,4-5H2,1H3,(H3,9,10,14)(H,11,12,13). The molecule has 0 aliphatic carbocycles. The van der Waals surface area contributed by atoms with Gasteiger partial charge in [-0.3, -0.25) is 0 Å². The first-order valence-corrected chi connectivity index (χ1v) is 4.36. The molecule has 15 heavy (non-hydrogen) atoms. The van der Waals surface area contributed by atoms with Crippen LogP contribution in [0.5, 0.6) is 5.88 Å². The van der Waals surface area contributed by atoms with Crippen LogP contribution < -0.4 is 21.1 Å². The number of primary amides is 1. The number of methoxy groups -OCH3 is 1. The topological polar surface area (TPSA) is 102 Å². The van der Waals surface area contributed by atoms with Gasteiger partial charge in [0.25, 0.3) is 0 Å². The van der Waals surface area contributed by atoms with Crippen molar-refractivity contribution in [1.82, 2.24) is 15.3 Å². The number of nitrogens with one attached hydrogen (secondary N) is 2. The van der Waals surface area contributed by atoms with Crippen LogP contribution in [0.25, 0.3) is 0 Å². The zero-order valence-electron chi connectivity index (χ0n) is 8.36. The number of nitrogens with zero attached hydrogens (tertiary/aromatic N) is 2. The van der Waals surface area contributed by atoms with E-state index in [0.29, 0.717) is 24.9 Å². The molecule has 1 aromatic rings. The normalized spacial score (nSPS) is 9.40. The van der Waals surface area contributed by atoms with Crippen molar-refractivity contribution in [3.05, 3.63) is 12.3 Å². The summed E-state index contributed by atoms with van der Waals surface area (Å²) in [6.45, 7) is 0.909. The van der Waals surface area contributed by atoms with E-state index in [1.165, 1.54) is 7.11 Å². The molecule has 1 aromatic heterocycles. The predicted molar refractivity (Wildman–Crippen MR) is 54.7 cm³/mol. The van der Waals surface area contributed by atoms with Crippen molar-refractivity contribution in [3.8, 4) is 5.88 Å². The molecule has 0 unspecified atom stereocenters. The Labute approximate surface area is 87.0 Å². The van der Waals surface area contributed by atoms with E-state index in [9.17, 15) is 4.79 Å². The summed E-state index contributed by atoms with van der Waals surface area (Å²) in [7, 11) is 1.53. The summed E-state index contributed by atoms with van der Waals surface area (Å²) < 4.78 is 4.92. The Hall–Kier alpha value is -2.05. The predicted octanol–water partition coefficient (Wildman–Crippen LogP) is -0.435. The smallest absolute Gasteiger partial charge is 0.312 e. The number of anilines is 1. The third-order valence-corrected chi connectivity index (χ3v) is 1.55. The molecule has 0 aliphatic heterocycles. The molecule has 0 atom stereocenters. The Morgan fingerprint density at radius 3 is 3.07 bits per heavy atom. The first-order valence-electron chi connectivity index (χ1n) is 4.36. The third-order valence-electron chi connectivity index (χ3n) is 1.55. The number of amides is 2. The van der Waals surface area contributed by atoms with Crippen LogP contribution >= 0.6 is 0 Å². The zero-order chi connectivity index (χ0) is 11.1. The summed E-state index contributed by atoms with van der Waals surface area (Å²) in [5.41, 5.74) is 4.89. The molecular formula is C8H13N5O2. The maximum absolute atomic E-state index is 10.3. The van der Waals surface area contributed by atoms with Crippen molar-refractivity contribution in [2.45, 2.75) is 0 Å². The lowest BCUT2D eigenvalue weighted by Crippen LogP contribution is -2.33. The summed E-state index contributed by atoms with van der Waals surface area (Å²) in [6.07, 6.45) is 1.58. The Bertz CT molecular complexity index is 331. The van der Waals surface area contributed by atoms with Crippen LogP contribution in [0.15, 0.2) is 12.3 Å². The second kappa shape index (κ2) is 5.63. The molecular weight excluding hydrogens is 198 g/mol. The van der Waals surface area contributed by atoms with E-state index in [2.05, 4.69) is 20.6 Å². The van der Waals surface area contributed by atoms with E-state index in [-0.39, 0.29) is 0 Å². The Kier molecular flexibility index (Phi) is 4.14. The van der Waals surface area contributed by atoms with Gasteiger partial charge in [-0.2, -0.15) is 4.98 Å². The van der Waals surface area contributed by atoms with Crippen molar-refractivity contribution < 1.29 is 9.53 Å². The van der Waals surface area contributed by atoms with Gasteiger partial charge in [-0.15, -0.1) is 0 Å². The molecule has 0 saturated carbocycles. The molecule has 1 heterocycles. The second-order valence-corrected chi connectivity index (χ2v) is 2.64. The largest absolute Gasteiger partial charge is 0.481 e. The molecule has 4 N–H and O–H groups in total. The maximum Gasteiger partial charge on any atom is 0.312 e. The van der Waals surface area contributed by atoms with Gasteiger partial charge in [0.1, 0.15) is 0 Å². The van der Waals surface area contributed by atoms with E-state index >= 15 is 0 Å². The van der Waals surface area contributed by atoms with E-state index in [1.807, 2.05) is 0 Å². The monoisotopic (exact) mass is 211 g/mol. The average Bonchev–Trinajstić information content (AvgIpc) is 2.24. The summed E-state index contributed by atoms with van der Waals surface area (Å²) in [6, 6.07) is 1.09. The lowest BCUT2D eigenvalue weighted by Gasteiger charge is -2.05. The van der Waals surface area contributed by atoms with Crippen molar-refractivity contribution in [2.24, 2.45) is 5.73 Å². The first kappa shape index (κ1) is 11.0. The van der Waals surface area contributed by atoms with Crippen molar-refractivity contribution in [1.29, 1.82) is 0 Å². The fourth-order valence-electron chi connectivity index (χ4n) is 0.901. The van der Waals surface area contributed by atoms with Gasteiger partial charge in [0.05, 0.1) is 7.11 Å².